The molecule has 1 amide bonds. The fourth-order valence-corrected chi connectivity index (χ4v) is 3.80. The lowest BCUT2D eigenvalue weighted by molar-refractivity contribution is -0.117. The van der Waals surface area contributed by atoms with Crippen LogP contribution in [0.3, 0.4) is 0 Å². The third-order valence-corrected chi connectivity index (χ3v) is 5.31. The predicted octanol–water partition coefficient (Wildman–Crippen LogP) is 3.00. The van der Waals surface area contributed by atoms with Gasteiger partial charge in [0.2, 0.25) is 5.91 Å². The van der Waals surface area contributed by atoms with Crippen molar-refractivity contribution < 1.29 is 13.6 Å². The molecule has 5 rings (SSSR count). The highest BCUT2D eigenvalue weighted by molar-refractivity contribution is 5.94. The Bertz CT molecular complexity index is 1090. The fourth-order valence-electron chi connectivity index (χ4n) is 3.80. The Labute approximate surface area is 178 Å². The van der Waals surface area contributed by atoms with Gasteiger partial charge in [-0.05, 0) is 19.4 Å². The number of halogens is 2. The van der Waals surface area contributed by atoms with E-state index in [0.29, 0.717) is 36.7 Å². The SMILES string of the molecule is CC.O=C1CCCN1c1cn2c(-c3nc(NC4CCNC4)c(F)cc3F)cnc2cn1. The van der Waals surface area contributed by atoms with Gasteiger partial charge in [0, 0.05) is 31.6 Å². The van der Waals surface area contributed by atoms with E-state index in [1.165, 1.54) is 12.4 Å². The van der Waals surface area contributed by atoms with Crippen molar-refractivity contribution in [2.45, 2.75) is 39.2 Å². The van der Waals surface area contributed by atoms with Crippen LogP contribution in [0, 0.1) is 11.6 Å². The number of nitrogens with one attached hydrogen (secondary N) is 2. The van der Waals surface area contributed by atoms with Crippen LogP contribution < -0.4 is 15.5 Å². The van der Waals surface area contributed by atoms with E-state index in [4.69, 9.17) is 0 Å². The zero-order valence-corrected chi connectivity index (χ0v) is 17.5. The van der Waals surface area contributed by atoms with Crippen molar-refractivity contribution in [3.05, 3.63) is 36.3 Å². The maximum absolute atomic E-state index is 14.6. The Kier molecular flexibility index (Phi) is 6.08. The van der Waals surface area contributed by atoms with Crippen molar-refractivity contribution >= 4 is 23.2 Å². The summed E-state index contributed by atoms with van der Waals surface area (Å²) in [5.41, 5.74) is 0.827. The molecule has 0 bridgehead atoms. The van der Waals surface area contributed by atoms with Crippen molar-refractivity contribution in [3.8, 4) is 11.4 Å². The van der Waals surface area contributed by atoms with E-state index in [-0.39, 0.29) is 23.5 Å². The van der Waals surface area contributed by atoms with E-state index >= 15 is 0 Å². The first-order chi connectivity index (χ1) is 15.1. The smallest absolute Gasteiger partial charge is 0.228 e. The molecule has 2 aliphatic rings. The summed E-state index contributed by atoms with van der Waals surface area (Å²) < 4.78 is 30.5. The van der Waals surface area contributed by atoms with Crippen molar-refractivity contribution in [2.24, 2.45) is 0 Å². The molecule has 1 atom stereocenters. The Balaban J connectivity index is 0.00000112. The molecule has 2 N–H and O–H groups in total. The summed E-state index contributed by atoms with van der Waals surface area (Å²) in [4.78, 5) is 26.4. The largest absolute Gasteiger partial charge is 0.364 e. The number of hydrogen-bond acceptors (Lipinski definition) is 6. The van der Waals surface area contributed by atoms with Crippen LogP contribution in [0.4, 0.5) is 20.4 Å². The number of fused-ring (bicyclic) bond motifs is 1. The second kappa shape index (κ2) is 8.93. The summed E-state index contributed by atoms with van der Waals surface area (Å²) in [7, 11) is 0. The molecule has 3 aromatic heterocycles. The van der Waals surface area contributed by atoms with Crippen LogP contribution in [-0.2, 0) is 4.79 Å². The molecule has 2 fully saturated rings. The molecule has 8 nitrogen and oxygen atoms in total. The van der Waals surface area contributed by atoms with Gasteiger partial charge >= 0.3 is 0 Å². The van der Waals surface area contributed by atoms with Gasteiger partial charge < -0.3 is 10.6 Å². The van der Waals surface area contributed by atoms with E-state index in [0.717, 1.165) is 25.5 Å². The third kappa shape index (κ3) is 4.07. The lowest BCUT2D eigenvalue weighted by atomic mass is 10.2. The lowest BCUT2D eigenvalue weighted by Gasteiger charge is -2.15. The topological polar surface area (TPSA) is 87.5 Å². The summed E-state index contributed by atoms with van der Waals surface area (Å²) in [6, 6.07) is 0.868. The molecule has 1 unspecified atom stereocenters. The van der Waals surface area contributed by atoms with E-state index in [1.807, 2.05) is 13.8 Å². The van der Waals surface area contributed by atoms with Gasteiger partial charge in [-0.3, -0.25) is 14.1 Å². The average Bonchev–Trinajstić information content (AvgIpc) is 3.52. The normalized spacial score (nSPS) is 18.4. The number of anilines is 2. The monoisotopic (exact) mass is 429 g/mol. The van der Waals surface area contributed by atoms with Crippen LogP contribution in [0.2, 0.25) is 0 Å². The van der Waals surface area contributed by atoms with Gasteiger partial charge in [0.25, 0.3) is 0 Å². The molecule has 0 saturated carbocycles. The number of aromatic nitrogens is 4. The highest BCUT2D eigenvalue weighted by atomic mass is 19.1. The predicted molar refractivity (Wildman–Crippen MR) is 114 cm³/mol. The average molecular weight is 429 g/mol. The highest BCUT2D eigenvalue weighted by Gasteiger charge is 2.25. The standard InChI is InChI=1S/C19H19F2N7O.C2H6/c20-12-6-13(21)19(25-11-3-4-22-7-11)26-18(12)14-8-23-15-9-24-16(10-28(14)15)27-5-1-2-17(27)29;1-2/h6,8-11,22H,1-5,7H2,(H,25,26);1-2H3. The minimum absolute atomic E-state index is 0.00117. The maximum Gasteiger partial charge on any atom is 0.228 e. The number of hydrogen-bond donors (Lipinski definition) is 2. The molecule has 2 saturated heterocycles. The van der Waals surface area contributed by atoms with E-state index in [2.05, 4.69) is 25.6 Å². The van der Waals surface area contributed by atoms with Gasteiger partial charge in [-0.2, -0.15) is 0 Å². The molecule has 0 aromatic carbocycles. The Morgan fingerprint density at radius 1 is 1.19 bits per heavy atom. The molecule has 2 aliphatic heterocycles. The van der Waals surface area contributed by atoms with Gasteiger partial charge in [-0.1, -0.05) is 13.8 Å². The second-order valence-electron chi connectivity index (χ2n) is 7.25. The molecule has 0 spiro atoms. The Morgan fingerprint density at radius 2 is 2.03 bits per heavy atom. The van der Waals surface area contributed by atoms with Crippen LogP contribution >= 0.6 is 0 Å². The molecule has 164 valence electrons. The van der Waals surface area contributed by atoms with Gasteiger partial charge in [-0.15, -0.1) is 0 Å². The molecule has 10 heteroatoms. The van der Waals surface area contributed by atoms with Crippen LogP contribution in [-0.4, -0.2) is 50.9 Å². The van der Waals surface area contributed by atoms with E-state index in [1.54, 1.807) is 15.5 Å². The minimum Gasteiger partial charge on any atom is -0.364 e. The summed E-state index contributed by atoms with van der Waals surface area (Å²) in [6.07, 6.45) is 6.72. The second-order valence-corrected chi connectivity index (χ2v) is 7.25. The summed E-state index contributed by atoms with van der Waals surface area (Å²) in [5, 5.41) is 6.22. The van der Waals surface area contributed by atoms with E-state index < -0.39 is 11.6 Å². The van der Waals surface area contributed by atoms with E-state index in [9.17, 15) is 13.6 Å². The van der Waals surface area contributed by atoms with Crippen molar-refractivity contribution in [1.82, 2.24) is 24.7 Å². The molecule has 3 aromatic rings. The molecule has 0 aliphatic carbocycles. The number of imidazole rings is 1. The summed E-state index contributed by atoms with van der Waals surface area (Å²) in [5.74, 6) is -1.04. The maximum atomic E-state index is 14.6. The summed E-state index contributed by atoms with van der Waals surface area (Å²) >= 11 is 0. The fraction of sp³-hybridized carbons (Fsp3) is 0.429. The quantitative estimate of drug-likeness (QED) is 0.663. The lowest BCUT2D eigenvalue weighted by Crippen LogP contribution is -2.25. The Morgan fingerprint density at radius 3 is 2.74 bits per heavy atom. The molecule has 5 heterocycles. The number of carbonyl (C=O) groups excluding carboxylic acids is 1. The first-order valence-corrected chi connectivity index (χ1v) is 10.6. The minimum atomic E-state index is -0.782. The number of pyridine rings is 1. The van der Waals surface area contributed by atoms with Crippen LogP contribution in [0.15, 0.2) is 24.7 Å². The van der Waals surface area contributed by atoms with Crippen molar-refractivity contribution in [1.29, 1.82) is 0 Å². The molecule has 31 heavy (non-hydrogen) atoms. The molecule has 0 radical (unpaired) electrons. The van der Waals surface area contributed by atoms with Gasteiger partial charge in [0.05, 0.1) is 24.3 Å². The van der Waals surface area contributed by atoms with Gasteiger partial charge in [0.15, 0.2) is 28.9 Å². The molecular formula is C21H25F2N7O. The van der Waals surface area contributed by atoms with Crippen molar-refractivity contribution in [2.75, 3.05) is 29.9 Å². The highest BCUT2D eigenvalue weighted by Crippen LogP contribution is 2.28. The molecular weight excluding hydrogens is 404 g/mol. The number of amides is 1. The van der Waals surface area contributed by atoms with Crippen LogP contribution in [0.1, 0.15) is 33.1 Å². The zero-order chi connectivity index (χ0) is 22.0. The van der Waals surface area contributed by atoms with Gasteiger partial charge in [-0.25, -0.2) is 23.7 Å². The Hall–Kier alpha value is -3.14. The number of carbonyl (C=O) groups is 1. The van der Waals surface area contributed by atoms with Crippen LogP contribution in [0.5, 0.6) is 0 Å². The first kappa shape index (κ1) is 21.1. The third-order valence-electron chi connectivity index (χ3n) is 5.31. The van der Waals surface area contributed by atoms with Crippen molar-refractivity contribution in [3.63, 3.8) is 0 Å². The van der Waals surface area contributed by atoms with Crippen LogP contribution in [0.25, 0.3) is 17.0 Å². The number of rotatable bonds is 4. The summed E-state index contributed by atoms with van der Waals surface area (Å²) in [6.45, 7) is 6.13. The number of nitrogens with zero attached hydrogens (tertiary/aromatic N) is 5. The van der Waals surface area contributed by atoms with Gasteiger partial charge in [0.1, 0.15) is 5.69 Å². The first-order valence-electron chi connectivity index (χ1n) is 10.6. The zero-order valence-electron chi connectivity index (χ0n) is 17.5.